The van der Waals surface area contributed by atoms with E-state index in [2.05, 4.69) is 15.9 Å². The fourth-order valence-electron chi connectivity index (χ4n) is 1.86. The third kappa shape index (κ3) is 2.46. The van der Waals surface area contributed by atoms with Gasteiger partial charge in [-0.25, -0.2) is 0 Å². The van der Waals surface area contributed by atoms with Gasteiger partial charge in [0.05, 0.1) is 4.83 Å². The van der Waals surface area contributed by atoms with Crippen molar-refractivity contribution in [3.63, 3.8) is 0 Å². The summed E-state index contributed by atoms with van der Waals surface area (Å²) in [6.07, 6.45) is 6.18. The van der Waals surface area contributed by atoms with Gasteiger partial charge in [-0.15, -0.1) is 0 Å². The third-order valence-corrected chi connectivity index (χ3v) is 3.82. The van der Waals surface area contributed by atoms with E-state index >= 15 is 0 Å². The van der Waals surface area contributed by atoms with Crippen molar-refractivity contribution in [2.75, 3.05) is 13.1 Å². The van der Waals surface area contributed by atoms with E-state index in [-0.39, 0.29) is 4.83 Å². The summed E-state index contributed by atoms with van der Waals surface area (Å²) in [6.45, 7) is 1.97. The Kier molecular flexibility index (Phi) is 2.92. The molecule has 3 heteroatoms. The number of hydrogen-bond acceptors (Lipinski definition) is 1. The van der Waals surface area contributed by atoms with Gasteiger partial charge in [0.15, 0.2) is 0 Å². The number of carbonyl (C=O) groups excluding carboxylic acids is 1. The first-order valence-corrected chi connectivity index (χ1v) is 6.12. The van der Waals surface area contributed by atoms with Gasteiger partial charge in [0.25, 0.3) is 0 Å². The highest BCUT2D eigenvalue weighted by molar-refractivity contribution is 9.10. The lowest BCUT2D eigenvalue weighted by molar-refractivity contribution is -0.132. The van der Waals surface area contributed by atoms with E-state index < -0.39 is 0 Å². The highest BCUT2D eigenvalue weighted by Gasteiger charge is 2.28. The van der Waals surface area contributed by atoms with Crippen LogP contribution in [0.15, 0.2) is 0 Å². The van der Waals surface area contributed by atoms with Gasteiger partial charge >= 0.3 is 0 Å². The van der Waals surface area contributed by atoms with Gasteiger partial charge in [-0.05, 0) is 25.2 Å². The molecule has 1 saturated heterocycles. The molecule has 2 aliphatic rings. The minimum atomic E-state index is 0.0976. The highest BCUT2D eigenvalue weighted by atomic mass is 79.9. The van der Waals surface area contributed by atoms with Gasteiger partial charge in [0.1, 0.15) is 0 Å². The van der Waals surface area contributed by atoms with Crippen molar-refractivity contribution in [1.29, 1.82) is 0 Å². The van der Waals surface area contributed by atoms with Crippen LogP contribution in [-0.2, 0) is 4.79 Å². The monoisotopic (exact) mass is 245 g/mol. The number of rotatable bonds is 3. The molecule has 0 spiro atoms. The molecule has 0 N–H and O–H groups in total. The first-order chi connectivity index (χ1) is 6.27. The van der Waals surface area contributed by atoms with Crippen LogP contribution in [-0.4, -0.2) is 28.7 Å². The number of nitrogens with zero attached hydrogens (tertiary/aromatic N) is 1. The predicted octanol–water partition coefficient (Wildman–Crippen LogP) is 2.17. The summed E-state index contributed by atoms with van der Waals surface area (Å²) in [5, 5.41) is 0. The Morgan fingerprint density at radius 2 is 2.15 bits per heavy atom. The molecule has 1 amide bonds. The zero-order chi connectivity index (χ0) is 9.26. The van der Waals surface area contributed by atoms with Crippen molar-refractivity contribution in [2.45, 2.75) is 36.9 Å². The number of piperidine rings is 1. The first kappa shape index (κ1) is 9.50. The number of hydrogen-bond donors (Lipinski definition) is 0. The molecule has 2 rings (SSSR count). The van der Waals surface area contributed by atoms with Crippen LogP contribution in [0.3, 0.4) is 0 Å². The minimum absolute atomic E-state index is 0.0976. The van der Waals surface area contributed by atoms with E-state index in [4.69, 9.17) is 0 Å². The van der Waals surface area contributed by atoms with Gasteiger partial charge in [-0.3, -0.25) is 4.79 Å². The van der Waals surface area contributed by atoms with E-state index in [0.717, 1.165) is 31.8 Å². The molecule has 0 aromatic rings. The summed E-state index contributed by atoms with van der Waals surface area (Å²) in [5.74, 6) is 1.25. The normalized spacial score (nSPS) is 29.5. The summed E-state index contributed by atoms with van der Waals surface area (Å²) in [4.78, 5) is 13.8. The second-order valence-corrected chi connectivity index (χ2v) is 5.27. The average molecular weight is 246 g/mol. The Hall–Kier alpha value is -0.0500. The Bertz CT molecular complexity index is 203. The summed E-state index contributed by atoms with van der Waals surface area (Å²) in [7, 11) is 0. The van der Waals surface area contributed by atoms with E-state index in [0.29, 0.717) is 5.91 Å². The molecular formula is C10H16BrNO. The third-order valence-electron chi connectivity index (χ3n) is 2.97. The fourth-order valence-corrected chi connectivity index (χ4v) is 2.47. The molecule has 0 aromatic heterocycles. The Morgan fingerprint density at radius 3 is 2.85 bits per heavy atom. The lowest BCUT2D eigenvalue weighted by Crippen LogP contribution is -2.42. The summed E-state index contributed by atoms with van der Waals surface area (Å²) in [5.41, 5.74) is 0. The molecule has 0 bridgehead atoms. The Morgan fingerprint density at radius 1 is 1.38 bits per heavy atom. The van der Waals surface area contributed by atoms with E-state index in [1.54, 1.807) is 0 Å². The van der Waals surface area contributed by atoms with Crippen molar-refractivity contribution in [2.24, 2.45) is 5.92 Å². The number of halogens is 1. The van der Waals surface area contributed by atoms with Crippen molar-refractivity contribution in [3.05, 3.63) is 0 Å². The molecule has 1 aliphatic carbocycles. The number of carbonyl (C=O) groups is 1. The standard InChI is InChI=1S/C10H16BrNO/c11-9-2-1-6-12(10(9)13)7-5-8-3-4-8/h8-9H,1-7H2. The van der Waals surface area contributed by atoms with Gasteiger partial charge in [-0.1, -0.05) is 28.8 Å². The lowest BCUT2D eigenvalue weighted by atomic mass is 10.1. The van der Waals surface area contributed by atoms with E-state index in [9.17, 15) is 4.79 Å². The SMILES string of the molecule is O=C1C(Br)CCCN1CCC1CC1. The van der Waals surface area contributed by atoms with Crippen LogP contribution in [0.1, 0.15) is 32.1 Å². The van der Waals surface area contributed by atoms with Crippen LogP contribution >= 0.6 is 15.9 Å². The van der Waals surface area contributed by atoms with Gasteiger partial charge in [-0.2, -0.15) is 0 Å². The molecular weight excluding hydrogens is 230 g/mol. The maximum absolute atomic E-state index is 11.6. The molecule has 0 radical (unpaired) electrons. The van der Waals surface area contributed by atoms with Crippen molar-refractivity contribution < 1.29 is 4.79 Å². The Labute approximate surface area is 87.8 Å². The van der Waals surface area contributed by atoms with Gasteiger partial charge < -0.3 is 4.90 Å². The zero-order valence-corrected chi connectivity index (χ0v) is 9.42. The average Bonchev–Trinajstić information content (AvgIpc) is 2.91. The molecule has 1 unspecified atom stereocenters. The van der Waals surface area contributed by atoms with E-state index in [1.165, 1.54) is 19.3 Å². The second-order valence-electron chi connectivity index (χ2n) is 4.17. The van der Waals surface area contributed by atoms with Crippen LogP contribution in [0, 0.1) is 5.92 Å². The Balaban J connectivity index is 1.78. The minimum Gasteiger partial charge on any atom is -0.342 e. The van der Waals surface area contributed by atoms with Crippen LogP contribution in [0.25, 0.3) is 0 Å². The number of amides is 1. The fraction of sp³-hybridized carbons (Fsp3) is 0.900. The van der Waals surface area contributed by atoms with Crippen molar-refractivity contribution >= 4 is 21.8 Å². The quantitative estimate of drug-likeness (QED) is 0.699. The number of alkyl halides is 1. The maximum Gasteiger partial charge on any atom is 0.236 e. The molecule has 1 heterocycles. The summed E-state index contributed by atoms with van der Waals surface area (Å²) < 4.78 is 0. The highest BCUT2D eigenvalue weighted by Crippen LogP contribution is 2.33. The first-order valence-electron chi connectivity index (χ1n) is 5.20. The van der Waals surface area contributed by atoms with Crippen LogP contribution in [0.4, 0.5) is 0 Å². The van der Waals surface area contributed by atoms with Crippen LogP contribution in [0.5, 0.6) is 0 Å². The molecule has 13 heavy (non-hydrogen) atoms. The summed E-state index contributed by atoms with van der Waals surface area (Å²) in [6, 6.07) is 0. The van der Waals surface area contributed by atoms with E-state index in [1.807, 2.05) is 4.90 Å². The molecule has 1 aliphatic heterocycles. The van der Waals surface area contributed by atoms with Gasteiger partial charge in [0.2, 0.25) is 5.91 Å². The number of likely N-dealkylation sites (tertiary alicyclic amines) is 1. The second kappa shape index (κ2) is 3.99. The van der Waals surface area contributed by atoms with Crippen LogP contribution in [0.2, 0.25) is 0 Å². The summed E-state index contributed by atoms with van der Waals surface area (Å²) >= 11 is 3.43. The van der Waals surface area contributed by atoms with Gasteiger partial charge in [0, 0.05) is 13.1 Å². The molecule has 1 saturated carbocycles. The largest absolute Gasteiger partial charge is 0.342 e. The van der Waals surface area contributed by atoms with Crippen LogP contribution < -0.4 is 0 Å². The molecule has 2 fully saturated rings. The smallest absolute Gasteiger partial charge is 0.236 e. The topological polar surface area (TPSA) is 20.3 Å². The maximum atomic E-state index is 11.6. The molecule has 1 atom stereocenters. The molecule has 2 nitrogen and oxygen atoms in total. The van der Waals surface area contributed by atoms with Crippen molar-refractivity contribution in [3.8, 4) is 0 Å². The van der Waals surface area contributed by atoms with Crippen molar-refractivity contribution in [1.82, 2.24) is 4.90 Å². The predicted molar refractivity (Wildman–Crippen MR) is 55.9 cm³/mol. The molecule has 74 valence electrons. The lowest BCUT2D eigenvalue weighted by Gasteiger charge is -2.29. The molecule has 0 aromatic carbocycles. The zero-order valence-electron chi connectivity index (χ0n) is 7.84.